The van der Waals surface area contributed by atoms with Crippen molar-refractivity contribution >= 4 is 15.7 Å². The first-order chi connectivity index (χ1) is 7.96. The fourth-order valence-electron chi connectivity index (χ4n) is 2.36. The van der Waals surface area contributed by atoms with Crippen LogP contribution in [0.2, 0.25) is 0 Å². The van der Waals surface area contributed by atoms with Crippen LogP contribution in [0.25, 0.3) is 0 Å². The van der Waals surface area contributed by atoms with Crippen molar-refractivity contribution in [2.24, 2.45) is 0 Å². The Kier molecular flexibility index (Phi) is 3.70. The van der Waals surface area contributed by atoms with Gasteiger partial charge in [0.2, 0.25) is 5.91 Å². The Morgan fingerprint density at radius 1 is 1.41 bits per heavy atom. The summed E-state index contributed by atoms with van der Waals surface area (Å²) in [5.41, 5.74) is 0. The standard InChI is InChI=1S/C10H18N2O4S/c13-8-4-9(11-5-8)10(14)12-7-2-1-3-17(15,16)6-7/h7-9,11,13H,1-6H2,(H,12,14). The number of aliphatic hydroxyl groups is 1. The lowest BCUT2D eigenvalue weighted by Crippen LogP contribution is -2.49. The molecule has 0 saturated carbocycles. The van der Waals surface area contributed by atoms with Crippen LogP contribution in [0.3, 0.4) is 0 Å². The van der Waals surface area contributed by atoms with Gasteiger partial charge in [0.25, 0.3) is 0 Å². The molecule has 0 aromatic heterocycles. The van der Waals surface area contributed by atoms with Crippen molar-refractivity contribution in [3.8, 4) is 0 Å². The number of aliphatic hydroxyl groups excluding tert-OH is 1. The van der Waals surface area contributed by atoms with E-state index in [-0.39, 0.29) is 23.5 Å². The van der Waals surface area contributed by atoms with Crippen LogP contribution < -0.4 is 10.6 Å². The van der Waals surface area contributed by atoms with E-state index in [4.69, 9.17) is 0 Å². The maximum atomic E-state index is 11.8. The molecule has 0 aromatic rings. The molecule has 2 heterocycles. The third kappa shape index (κ3) is 3.40. The minimum Gasteiger partial charge on any atom is -0.392 e. The predicted octanol–water partition coefficient (Wildman–Crippen LogP) is -1.60. The van der Waals surface area contributed by atoms with Crippen LogP contribution >= 0.6 is 0 Å². The third-order valence-electron chi connectivity index (χ3n) is 3.23. The molecule has 2 aliphatic rings. The maximum absolute atomic E-state index is 11.8. The number of hydrogen-bond donors (Lipinski definition) is 3. The Labute approximate surface area is 101 Å². The van der Waals surface area contributed by atoms with Crippen molar-refractivity contribution in [1.82, 2.24) is 10.6 Å². The number of β-amino-alcohol motifs (C(OH)–C–C–N with tert-alkyl or cyclic N) is 1. The largest absolute Gasteiger partial charge is 0.392 e. The van der Waals surface area contributed by atoms with E-state index in [9.17, 15) is 18.3 Å². The van der Waals surface area contributed by atoms with Crippen LogP contribution in [-0.2, 0) is 14.6 Å². The summed E-state index contributed by atoms with van der Waals surface area (Å²) in [4.78, 5) is 11.8. The molecule has 3 atom stereocenters. The van der Waals surface area contributed by atoms with Gasteiger partial charge in [-0.15, -0.1) is 0 Å². The number of rotatable bonds is 2. The Morgan fingerprint density at radius 3 is 2.76 bits per heavy atom. The summed E-state index contributed by atoms with van der Waals surface area (Å²) in [5, 5.41) is 14.9. The maximum Gasteiger partial charge on any atom is 0.237 e. The summed E-state index contributed by atoms with van der Waals surface area (Å²) in [6.45, 7) is 0.418. The lowest BCUT2D eigenvalue weighted by atomic mass is 10.1. The summed E-state index contributed by atoms with van der Waals surface area (Å²) < 4.78 is 22.8. The second-order valence-electron chi connectivity index (χ2n) is 4.81. The highest BCUT2D eigenvalue weighted by Crippen LogP contribution is 2.13. The SMILES string of the molecule is O=C(NC1CCCS(=O)(=O)C1)C1CC(O)CN1. The monoisotopic (exact) mass is 262 g/mol. The third-order valence-corrected chi connectivity index (χ3v) is 5.05. The average molecular weight is 262 g/mol. The highest BCUT2D eigenvalue weighted by molar-refractivity contribution is 7.91. The minimum absolute atomic E-state index is 0.0357. The topological polar surface area (TPSA) is 95.5 Å². The van der Waals surface area contributed by atoms with Crippen LogP contribution in [0, 0.1) is 0 Å². The number of carbonyl (C=O) groups is 1. The van der Waals surface area contributed by atoms with Gasteiger partial charge in [0, 0.05) is 12.6 Å². The van der Waals surface area contributed by atoms with E-state index in [1.807, 2.05) is 0 Å². The van der Waals surface area contributed by atoms with E-state index < -0.39 is 22.0 Å². The Hall–Kier alpha value is -0.660. The lowest BCUT2D eigenvalue weighted by Gasteiger charge is -2.24. The lowest BCUT2D eigenvalue weighted by molar-refractivity contribution is -0.123. The summed E-state index contributed by atoms with van der Waals surface area (Å²) in [6.07, 6.45) is 1.22. The molecule has 3 N–H and O–H groups in total. The van der Waals surface area contributed by atoms with Gasteiger partial charge in [0.05, 0.1) is 23.7 Å². The summed E-state index contributed by atoms with van der Waals surface area (Å²) >= 11 is 0. The first kappa shape index (κ1) is 12.8. The van der Waals surface area contributed by atoms with Crippen molar-refractivity contribution in [2.45, 2.75) is 37.5 Å². The normalized spacial score (nSPS) is 36.6. The van der Waals surface area contributed by atoms with E-state index in [1.54, 1.807) is 0 Å². The molecular formula is C10H18N2O4S. The molecule has 98 valence electrons. The number of amides is 1. The second-order valence-corrected chi connectivity index (χ2v) is 7.04. The predicted molar refractivity (Wildman–Crippen MR) is 62.2 cm³/mol. The van der Waals surface area contributed by atoms with Crippen LogP contribution in [-0.4, -0.2) is 55.7 Å². The molecule has 2 fully saturated rings. The van der Waals surface area contributed by atoms with Crippen LogP contribution in [0.5, 0.6) is 0 Å². The molecule has 1 amide bonds. The Morgan fingerprint density at radius 2 is 2.18 bits per heavy atom. The van der Waals surface area contributed by atoms with Gasteiger partial charge in [-0.25, -0.2) is 8.42 Å². The molecule has 2 rings (SSSR count). The van der Waals surface area contributed by atoms with Gasteiger partial charge >= 0.3 is 0 Å². The quantitative estimate of drug-likeness (QED) is 0.557. The zero-order valence-electron chi connectivity index (χ0n) is 9.55. The minimum atomic E-state index is -3.00. The molecule has 7 heteroatoms. The summed E-state index contributed by atoms with van der Waals surface area (Å²) in [7, 11) is -3.00. The van der Waals surface area contributed by atoms with Crippen molar-refractivity contribution in [2.75, 3.05) is 18.1 Å². The molecule has 0 radical (unpaired) electrons. The van der Waals surface area contributed by atoms with Crippen molar-refractivity contribution in [1.29, 1.82) is 0 Å². The van der Waals surface area contributed by atoms with Gasteiger partial charge in [-0.3, -0.25) is 4.79 Å². The molecule has 6 nitrogen and oxygen atoms in total. The van der Waals surface area contributed by atoms with Crippen molar-refractivity contribution in [3.05, 3.63) is 0 Å². The van der Waals surface area contributed by atoms with E-state index in [0.29, 0.717) is 25.8 Å². The zero-order chi connectivity index (χ0) is 12.5. The van der Waals surface area contributed by atoms with Crippen LogP contribution in [0.1, 0.15) is 19.3 Å². The van der Waals surface area contributed by atoms with Gasteiger partial charge in [0.15, 0.2) is 9.84 Å². The van der Waals surface area contributed by atoms with Gasteiger partial charge in [-0.05, 0) is 19.3 Å². The number of carbonyl (C=O) groups excluding carboxylic acids is 1. The number of hydrogen-bond acceptors (Lipinski definition) is 5. The van der Waals surface area contributed by atoms with E-state index in [0.717, 1.165) is 0 Å². The van der Waals surface area contributed by atoms with E-state index in [2.05, 4.69) is 10.6 Å². The molecule has 17 heavy (non-hydrogen) atoms. The van der Waals surface area contributed by atoms with Gasteiger partial charge in [-0.1, -0.05) is 0 Å². The van der Waals surface area contributed by atoms with Crippen molar-refractivity contribution < 1.29 is 18.3 Å². The van der Waals surface area contributed by atoms with Crippen LogP contribution in [0.15, 0.2) is 0 Å². The zero-order valence-corrected chi connectivity index (χ0v) is 10.4. The molecule has 2 saturated heterocycles. The molecule has 0 aromatic carbocycles. The summed E-state index contributed by atoms with van der Waals surface area (Å²) in [6, 6.07) is -0.671. The first-order valence-corrected chi connectivity index (χ1v) is 7.71. The highest BCUT2D eigenvalue weighted by Gasteiger charge is 2.31. The fraction of sp³-hybridized carbons (Fsp3) is 0.900. The van der Waals surface area contributed by atoms with Gasteiger partial charge in [0.1, 0.15) is 0 Å². The Balaban J connectivity index is 1.86. The molecule has 0 spiro atoms. The number of sulfone groups is 1. The molecule has 3 unspecified atom stereocenters. The fourth-order valence-corrected chi connectivity index (χ4v) is 3.99. The smallest absolute Gasteiger partial charge is 0.237 e. The molecule has 0 bridgehead atoms. The molecule has 0 aliphatic carbocycles. The van der Waals surface area contributed by atoms with E-state index >= 15 is 0 Å². The average Bonchev–Trinajstić information content (AvgIpc) is 2.63. The van der Waals surface area contributed by atoms with Gasteiger partial charge < -0.3 is 15.7 Å². The second kappa shape index (κ2) is 4.91. The highest BCUT2D eigenvalue weighted by atomic mass is 32.2. The first-order valence-electron chi connectivity index (χ1n) is 5.88. The van der Waals surface area contributed by atoms with Crippen LogP contribution in [0.4, 0.5) is 0 Å². The van der Waals surface area contributed by atoms with Crippen molar-refractivity contribution in [3.63, 3.8) is 0 Å². The molecular weight excluding hydrogens is 244 g/mol. The Bertz CT molecular complexity index is 395. The van der Waals surface area contributed by atoms with E-state index in [1.165, 1.54) is 0 Å². The van der Waals surface area contributed by atoms with Gasteiger partial charge in [-0.2, -0.15) is 0 Å². The number of nitrogens with one attached hydrogen (secondary N) is 2. The summed E-state index contributed by atoms with van der Waals surface area (Å²) in [5.74, 6) is 0.0528. The molecule has 2 aliphatic heterocycles.